The Kier molecular flexibility index (Phi) is 3.60. The number of fused-ring (bicyclic) bond motifs is 1. The Morgan fingerprint density at radius 2 is 2.09 bits per heavy atom. The topological polar surface area (TPSA) is 63.6 Å². The number of ether oxygens (including phenoxy) is 1. The van der Waals surface area contributed by atoms with Gasteiger partial charge < -0.3 is 9.84 Å². The fourth-order valence-corrected chi connectivity index (χ4v) is 4.06. The highest BCUT2D eigenvalue weighted by Gasteiger charge is 2.57. The van der Waals surface area contributed by atoms with Gasteiger partial charge in [0, 0.05) is 36.0 Å². The first kappa shape index (κ1) is 15.2. The van der Waals surface area contributed by atoms with Crippen LogP contribution in [0.4, 0.5) is 0 Å². The lowest BCUT2D eigenvalue weighted by atomic mass is 9.68. The SMILES string of the molecule is CC(=O)OCC1=C(C)C=C2C(=O)[C@@H](CCO)C3(CC3)C(C)=C21. The molecule has 4 nitrogen and oxygen atoms in total. The minimum absolute atomic E-state index is 0.0424. The lowest BCUT2D eigenvalue weighted by Gasteiger charge is -2.34. The van der Waals surface area contributed by atoms with Crippen LogP contribution in [0, 0.1) is 11.3 Å². The first-order valence-corrected chi connectivity index (χ1v) is 7.84. The summed E-state index contributed by atoms with van der Waals surface area (Å²) in [5.41, 5.74) is 4.86. The third kappa shape index (κ3) is 2.09. The molecule has 0 aromatic rings. The van der Waals surface area contributed by atoms with Crippen LogP contribution >= 0.6 is 0 Å². The van der Waals surface area contributed by atoms with Gasteiger partial charge in [-0.1, -0.05) is 5.57 Å². The van der Waals surface area contributed by atoms with Gasteiger partial charge in [0.15, 0.2) is 5.78 Å². The molecule has 4 heteroatoms. The molecule has 0 heterocycles. The molecular formula is C18H22O4. The molecule has 1 fully saturated rings. The number of hydrogen-bond acceptors (Lipinski definition) is 4. The van der Waals surface area contributed by atoms with Gasteiger partial charge in [0.1, 0.15) is 6.61 Å². The number of ketones is 1. The van der Waals surface area contributed by atoms with Crippen molar-refractivity contribution in [3.05, 3.63) is 33.9 Å². The summed E-state index contributed by atoms with van der Waals surface area (Å²) < 4.78 is 5.18. The number of Topliss-reactive ketones (excluding diaryl/α,β-unsaturated/α-hetero) is 1. The van der Waals surface area contributed by atoms with Crippen molar-refractivity contribution in [2.24, 2.45) is 11.3 Å². The Labute approximate surface area is 130 Å². The van der Waals surface area contributed by atoms with E-state index < -0.39 is 0 Å². The Morgan fingerprint density at radius 3 is 2.64 bits per heavy atom. The minimum atomic E-state index is -0.312. The van der Waals surface area contributed by atoms with Crippen molar-refractivity contribution >= 4 is 11.8 Å². The van der Waals surface area contributed by atoms with Crippen molar-refractivity contribution in [3.63, 3.8) is 0 Å². The van der Waals surface area contributed by atoms with Gasteiger partial charge in [-0.3, -0.25) is 9.59 Å². The van der Waals surface area contributed by atoms with E-state index in [4.69, 9.17) is 4.74 Å². The van der Waals surface area contributed by atoms with E-state index in [0.29, 0.717) is 6.42 Å². The molecule has 0 saturated heterocycles. The Hall–Kier alpha value is -1.68. The van der Waals surface area contributed by atoms with Gasteiger partial charge in [0.05, 0.1) is 0 Å². The van der Waals surface area contributed by atoms with Crippen molar-refractivity contribution in [1.29, 1.82) is 0 Å². The Morgan fingerprint density at radius 1 is 1.41 bits per heavy atom. The highest BCUT2D eigenvalue weighted by molar-refractivity contribution is 6.07. The Balaban J connectivity index is 2.02. The third-order valence-electron chi connectivity index (χ3n) is 5.40. The largest absolute Gasteiger partial charge is 0.461 e. The monoisotopic (exact) mass is 302 g/mol. The van der Waals surface area contributed by atoms with Crippen LogP contribution in [0.15, 0.2) is 33.9 Å². The van der Waals surface area contributed by atoms with E-state index in [-0.39, 0.29) is 36.3 Å². The highest BCUT2D eigenvalue weighted by atomic mass is 16.5. The van der Waals surface area contributed by atoms with Crippen LogP contribution in [0.3, 0.4) is 0 Å². The maximum absolute atomic E-state index is 12.9. The first-order chi connectivity index (χ1) is 10.4. The van der Waals surface area contributed by atoms with E-state index in [2.05, 4.69) is 6.92 Å². The number of carbonyl (C=O) groups is 2. The molecule has 118 valence electrons. The molecule has 1 atom stereocenters. The van der Waals surface area contributed by atoms with E-state index in [1.165, 1.54) is 12.5 Å². The van der Waals surface area contributed by atoms with Crippen LogP contribution in [0.1, 0.15) is 40.0 Å². The summed E-state index contributed by atoms with van der Waals surface area (Å²) in [6.45, 7) is 5.71. The maximum Gasteiger partial charge on any atom is 0.302 e. The second kappa shape index (κ2) is 5.20. The zero-order valence-corrected chi connectivity index (χ0v) is 13.4. The van der Waals surface area contributed by atoms with E-state index in [1.807, 2.05) is 13.0 Å². The van der Waals surface area contributed by atoms with Crippen molar-refractivity contribution in [2.45, 2.75) is 40.0 Å². The zero-order chi connectivity index (χ0) is 16.1. The van der Waals surface area contributed by atoms with Crippen LogP contribution in [-0.4, -0.2) is 30.1 Å². The van der Waals surface area contributed by atoms with E-state index in [1.54, 1.807) is 0 Å². The summed E-state index contributed by atoms with van der Waals surface area (Å²) in [5.74, 6) is -0.272. The van der Waals surface area contributed by atoms with E-state index in [9.17, 15) is 14.7 Å². The highest BCUT2D eigenvalue weighted by Crippen LogP contribution is 2.64. The summed E-state index contributed by atoms with van der Waals surface area (Å²) >= 11 is 0. The molecule has 1 N–H and O–H groups in total. The van der Waals surface area contributed by atoms with Crippen LogP contribution < -0.4 is 0 Å². The summed E-state index contributed by atoms with van der Waals surface area (Å²) in [4.78, 5) is 24.0. The van der Waals surface area contributed by atoms with Gasteiger partial charge in [-0.2, -0.15) is 0 Å². The normalized spacial score (nSPS) is 25.5. The average molecular weight is 302 g/mol. The number of allylic oxidation sites excluding steroid dienone is 4. The number of hydrogen-bond donors (Lipinski definition) is 1. The second-order valence-electron chi connectivity index (χ2n) is 6.59. The second-order valence-corrected chi connectivity index (χ2v) is 6.59. The number of rotatable bonds is 4. The molecule has 1 spiro atoms. The van der Waals surface area contributed by atoms with Crippen molar-refractivity contribution < 1.29 is 19.4 Å². The summed E-state index contributed by atoms with van der Waals surface area (Å²) in [5, 5.41) is 9.32. The fraction of sp³-hybridized carbons (Fsp3) is 0.556. The molecule has 0 aliphatic heterocycles. The quantitative estimate of drug-likeness (QED) is 0.810. The van der Waals surface area contributed by atoms with Crippen molar-refractivity contribution in [3.8, 4) is 0 Å². The summed E-state index contributed by atoms with van der Waals surface area (Å²) in [6.07, 6.45) is 4.45. The van der Waals surface area contributed by atoms with Gasteiger partial charge in [-0.15, -0.1) is 0 Å². The standard InChI is InChI=1S/C18H22O4/c1-10-8-13-16(14(10)9-22-12(3)20)11(2)18(5-6-18)15(4-7-19)17(13)21/h8,15,19H,4-7,9H2,1-3H3/t15-/m1/s1. The molecule has 0 amide bonds. The van der Waals surface area contributed by atoms with Gasteiger partial charge in [0.25, 0.3) is 0 Å². The van der Waals surface area contributed by atoms with Crippen molar-refractivity contribution in [2.75, 3.05) is 13.2 Å². The zero-order valence-electron chi connectivity index (χ0n) is 13.4. The van der Waals surface area contributed by atoms with Gasteiger partial charge in [0.2, 0.25) is 0 Å². The molecule has 0 bridgehead atoms. The smallest absolute Gasteiger partial charge is 0.302 e. The molecule has 22 heavy (non-hydrogen) atoms. The van der Waals surface area contributed by atoms with Crippen molar-refractivity contribution in [1.82, 2.24) is 0 Å². The lowest BCUT2D eigenvalue weighted by Crippen LogP contribution is -2.34. The van der Waals surface area contributed by atoms with Crippen LogP contribution in [0.25, 0.3) is 0 Å². The van der Waals surface area contributed by atoms with Gasteiger partial charge in [-0.05, 0) is 50.3 Å². The fourth-order valence-electron chi connectivity index (χ4n) is 4.06. The number of carbonyl (C=O) groups excluding carboxylic acids is 2. The molecular weight excluding hydrogens is 280 g/mol. The number of aliphatic hydroxyl groups is 1. The molecule has 0 aromatic heterocycles. The summed E-state index contributed by atoms with van der Waals surface area (Å²) in [7, 11) is 0. The van der Waals surface area contributed by atoms with E-state index in [0.717, 1.165) is 35.1 Å². The minimum Gasteiger partial charge on any atom is -0.461 e. The van der Waals surface area contributed by atoms with Crippen LogP contribution in [-0.2, 0) is 14.3 Å². The predicted octanol–water partition coefficient (Wildman–Crippen LogP) is 2.48. The Bertz CT molecular complexity index is 644. The molecule has 3 rings (SSSR count). The molecule has 1 saturated carbocycles. The lowest BCUT2D eigenvalue weighted by molar-refractivity contribution is -0.139. The van der Waals surface area contributed by atoms with Gasteiger partial charge in [-0.25, -0.2) is 0 Å². The van der Waals surface area contributed by atoms with Crippen LogP contribution in [0.5, 0.6) is 0 Å². The molecule has 3 aliphatic carbocycles. The van der Waals surface area contributed by atoms with E-state index >= 15 is 0 Å². The molecule has 3 aliphatic rings. The third-order valence-corrected chi connectivity index (χ3v) is 5.40. The van der Waals surface area contributed by atoms with Gasteiger partial charge >= 0.3 is 5.97 Å². The molecule has 0 unspecified atom stereocenters. The molecule has 0 radical (unpaired) electrons. The maximum atomic E-state index is 12.9. The number of esters is 1. The predicted molar refractivity (Wildman–Crippen MR) is 82.0 cm³/mol. The number of aliphatic hydroxyl groups excluding tert-OH is 1. The first-order valence-electron chi connectivity index (χ1n) is 7.84. The average Bonchev–Trinajstić information content (AvgIpc) is 3.18. The molecule has 0 aromatic carbocycles. The van der Waals surface area contributed by atoms with Crippen LogP contribution in [0.2, 0.25) is 0 Å². The summed E-state index contributed by atoms with van der Waals surface area (Å²) in [6, 6.07) is 0.